The molecule has 4 heteroatoms. The summed E-state index contributed by atoms with van der Waals surface area (Å²) in [5.74, 6) is 0.287. The van der Waals surface area contributed by atoms with Gasteiger partial charge in [-0.2, -0.15) is 0 Å². The first-order valence-electron chi connectivity index (χ1n) is 5.62. The van der Waals surface area contributed by atoms with Gasteiger partial charge in [0, 0.05) is 12.7 Å². The molecule has 0 amide bonds. The van der Waals surface area contributed by atoms with Crippen LogP contribution < -0.4 is 0 Å². The van der Waals surface area contributed by atoms with Crippen molar-refractivity contribution in [3.63, 3.8) is 0 Å². The zero-order chi connectivity index (χ0) is 12.4. The molecule has 0 radical (unpaired) electrons. The minimum Gasteiger partial charge on any atom is -0.337 e. The molecule has 2 rings (SSSR count). The molecule has 2 aromatic rings. The molecule has 0 atom stereocenters. The number of halogens is 1. The lowest BCUT2D eigenvalue weighted by Crippen LogP contribution is -2.05. The van der Waals surface area contributed by atoms with E-state index in [1.807, 2.05) is 10.8 Å². The number of H-pyrrole nitrogens is 1. The summed E-state index contributed by atoms with van der Waals surface area (Å²) >= 11 is 5.25. The zero-order valence-corrected chi connectivity index (χ0v) is 10.7. The molecular weight excluding hydrogens is 235 g/mol. The van der Waals surface area contributed by atoms with Gasteiger partial charge in [-0.3, -0.25) is 0 Å². The van der Waals surface area contributed by atoms with Gasteiger partial charge in [0.05, 0.1) is 5.69 Å². The molecule has 0 bridgehead atoms. The van der Waals surface area contributed by atoms with E-state index < -0.39 is 0 Å². The Bertz CT molecular complexity index is 552. The standard InChI is InChI=1S/C13H15FN2S/c1-9(2)8-16-12(7-15-13(16)17)10-3-5-11(14)6-4-10/h3-7,9H,8H2,1-2H3,(H,15,17). The average molecular weight is 250 g/mol. The summed E-state index contributed by atoms with van der Waals surface area (Å²) in [7, 11) is 0. The fourth-order valence-electron chi connectivity index (χ4n) is 1.80. The van der Waals surface area contributed by atoms with Gasteiger partial charge in [0.2, 0.25) is 0 Å². The molecule has 1 N–H and O–H groups in total. The summed E-state index contributed by atoms with van der Waals surface area (Å²) in [5, 5.41) is 0. The Morgan fingerprint density at radius 2 is 1.94 bits per heavy atom. The Morgan fingerprint density at radius 1 is 1.29 bits per heavy atom. The fraction of sp³-hybridized carbons (Fsp3) is 0.308. The predicted molar refractivity (Wildman–Crippen MR) is 69.8 cm³/mol. The van der Waals surface area contributed by atoms with E-state index >= 15 is 0 Å². The number of rotatable bonds is 3. The topological polar surface area (TPSA) is 20.7 Å². The van der Waals surface area contributed by atoms with Crippen molar-refractivity contribution in [2.24, 2.45) is 5.92 Å². The van der Waals surface area contributed by atoms with Gasteiger partial charge >= 0.3 is 0 Å². The molecule has 0 spiro atoms. The SMILES string of the molecule is CC(C)Cn1c(-c2ccc(F)cc2)c[nH]c1=S. The second kappa shape index (κ2) is 4.84. The number of hydrogen-bond donors (Lipinski definition) is 1. The number of aromatic nitrogens is 2. The zero-order valence-electron chi connectivity index (χ0n) is 9.90. The third-order valence-corrected chi connectivity index (χ3v) is 2.89. The van der Waals surface area contributed by atoms with Crippen LogP contribution in [0.2, 0.25) is 0 Å². The van der Waals surface area contributed by atoms with Crippen molar-refractivity contribution in [2.45, 2.75) is 20.4 Å². The van der Waals surface area contributed by atoms with E-state index in [0.29, 0.717) is 10.7 Å². The first-order valence-corrected chi connectivity index (χ1v) is 6.03. The van der Waals surface area contributed by atoms with Crippen molar-refractivity contribution in [3.8, 4) is 11.3 Å². The molecule has 0 saturated heterocycles. The van der Waals surface area contributed by atoms with E-state index in [4.69, 9.17) is 12.2 Å². The van der Waals surface area contributed by atoms with Crippen molar-refractivity contribution in [2.75, 3.05) is 0 Å². The molecule has 17 heavy (non-hydrogen) atoms. The summed E-state index contributed by atoms with van der Waals surface area (Å²) in [6.45, 7) is 5.14. The van der Waals surface area contributed by atoms with Gasteiger partial charge in [0.25, 0.3) is 0 Å². The maximum absolute atomic E-state index is 12.9. The molecular formula is C13H15FN2S. The first kappa shape index (κ1) is 12.0. The largest absolute Gasteiger partial charge is 0.337 e. The lowest BCUT2D eigenvalue weighted by molar-refractivity contribution is 0.522. The normalized spacial score (nSPS) is 11.1. The van der Waals surface area contributed by atoms with Crippen molar-refractivity contribution in [1.29, 1.82) is 0 Å². The van der Waals surface area contributed by atoms with Crippen LogP contribution >= 0.6 is 12.2 Å². The molecule has 0 unspecified atom stereocenters. The smallest absolute Gasteiger partial charge is 0.177 e. The highest BCUT2D eigenvalue weighted by atomic mass is 32.1. The number of aromatic amines is 1. The molecule has 0 aliphatic carbocycles. The van der Waals surface area contributed by atoms with E-state index in [-0.39, 0.29) is 5.82 Å². The maximum atomic E-state index is 12.9. The van der Waals surface area contributed by atoms with E-state index in [1.165, 1.54) is 12.1 Å². The highest BCUT2D eigenvalue weighted by Crippen LogP contribution is 2.21. The van der Waals surface area contributed by atoms with Gasteiger partial charge in [0.1, 0.15) is 5.82 Å². The van der Waals surface area contributed by atoms with Crippen LogP contribution in [0, 0.1) is 16.5 Å². The van der Waals surface area contributed by atoms with Gasteiger partial charge < -0.3 is 9.55 Å². The van der Waals surface area contributed by atoms with Gasteiger partial charge in [-0.25, -0.2) is 4.39 Å². The Kier molecular flexibility index (Phi) is 3.43. The van der Waals surface area contributed by atoms with Crippen LogP contribution in [0.1, 0.15) is 13.8 Å². The monoisotopic (exact) mass is 250 g/mol. The number of nitrogens with zero attached hydrogens (tertiary/aromatic N) is 1. The first-order chi connectivity index (χ1) is 8.08. The molecule has 0 aliphatic heterocycles. The lowest BCUT2D eigenvalue weighted by atomic mass is 10.1. The van der Waals surface area contributed by atoms with Crippen LogP contribution in [0.3, 0.4) is 0 Å². The highest BCUT2D eigenvalue weighted by Gasteiger charge is 2.08. The van der Waals surface area contributed by atoms with E-state index in [1.54, 1.807) is 12.1 Å². The highest BCUT2D eigenvalue weighted by molar-refractivity contribution is 7.71. The summed E-state index contributed by atoms with van der Waals surface area (Å²) in [4.78, 5) is 3.04. The minimum absolute atomic E-state index is 0.224. The predicted octanol–water partition coefficient (Wildman–Crippen LogP) is 4.01. The van der Waals surface area contributed by atoms with Crippen molar-refractivity contribution >= 4 is 12.2 Å². The minimum atomic E-state index is -0.224. The van der Waals surface area contributed by atoms with Crippen molar-refractivity contribution < 1.29 is 4.39 Å². The van der Waals surface area contributed by atoms with Gasteiger partial charge in [-0.15, -0.1) is 0 Å². The van der Waals surface area contributed by atoms with Gasteiger partial charge in [-0.05, 0) is 48.0 Å². The van der Waals surface area contributed by atoms with Crippen LogP contribution in [-0.4, -0.2) is 9.55 Å². The third kappa shape index (κ3) is 2.64. The van der Waals surface area contributed by atoms with Crippen LogP contribution in [0.15, 0.2) is 30.5 Å². The van der Waals surface area contributed by atoms with Crippen LogP contribution in [0.25, 0.3) is 11.3 Å². The Hall–Kier alpha value is -1.42. The number of nitrogens with one attached hydrogen (secondary N) is 1. The molecule has 0 aliphatic rings. The van der Waals surface area contributed by atoms with Gasteiger partial charge in [0.15, 0.2) is 4.77 Å². The summed E-state index contributed by atoms with van der Waals surface area (Å²) in [6.07, 6.45) is 1.87. The second-order valence-corrected chi connectivity index (χ2v) is 4.88. The number of benzene rings is 1. The van der Waals surface area contributed by atoms with Crippen molar-refractivity contribution in [3.05, 3.63) is 41.1 Å². The Balaban J connectivity index is 2.45. The summed E-state index contributed by atoms with van der Waals surface area (Å²) in [5.41, 5.74) is 1.98. The Morgan fingerprint density at radius 3 is 2.53 bits per heavy atom. The molecule has 1 heterocycles. The third-order valence-electron chi connectivity index (χ3n) is 2.56. The van der Waals surface area contributed by atoms with Crippen LogP contribution in [0.5, 0.6) is 0 Å². The molecule has 1 aromatic heterocycles. The number of hydrogen-bond acceptors (Lipinski definition) is 1. The maximum Gasteiger partial charge on any atom is 0.177 e. The van der Waals surface area contributed by atoms with E-state index in [2.05, 4.69) is 18.8 Å². The van der Waals surface area contributed by atoms with E-state index in [9.17, 15) is 4.39 Å². The summed E-state index contributed by atoms with van der Waals surface area (Å²) < 4.78 is 15.6. The molecule has 0 fully saturated rings. The number of imidazole rings is 1. The second-order valence-electron chi connectivity index (χ2n) is 4.49. The summed E-state index contributed by atoms with van der Waals surface area (Å²) in [6, 6.07) is 6.46. The quantitative estimate of drug-likeness (QED) is 0.816. The van der Waals surface area contributed by atoms with E-state index in [0.717, 1.165) is 17.8 Å². The molecule has 0 saturated carbocycles. The fourth-order valence-corrected chi connectivity index (χ4v) is 2.03. The van der Waals surface area contributed by atoms with Crippen molar-refractivity contribution in [1.82, 2.24) is 9.55 Å². The van der Waals surface area contributed by atoms with Gasteiger partial charge in [-0.1, -0.05) is 13.8 Å². The Labute approximate surface area is 105 Å². The van der Waals surface area contributed by atoms with Crippen LogP contribution in [0.4, 0.5) is 4.39 Å². The van der Waals surface area contributed by atoms with Crippen LogP contribution in [-0.2, 0) is 6.54 Å². The molecule has 2 nitrogen and oxygen atoms in total. The molecule has 1 aromatic carbocycles. The molecule has 90 valence electrons. The average Bonchev–Trinajstić information content (AvgIpc) is 2.61. The lowest BCUT2D eigenvalue weighted by Gasteiger charge is -2.10.